The fraction of sp³-hybridized carbons (Fsp3) is 0.500. The molecule has 1 saturated heterocycles. The van der Waals surface area contributed by atoms with Crippen LogP contribution in [0.4, 0.5) is 0 Å². The first-order chi connectivity index (χ1) is 7.81. The summed E-state index contributed by atoms with van der Waals surface area (Å²) in [7, 11) is 0. The molecular formula is C12H16ClNOS. The summed E-state index contributed by atoms with van der Waals surface area (Å²) in [5, 5.41) is 0.853. The van der Waals surface area contributed by atoms with Gasteiger partial charge in [-0.05, 0) is 47.5 Å². The van der Waals surface area contributed by atoms with Gasteiger partial charge < -0.3 is 0 Å². The Balaban J connectivity index is 2.14. The highest BCUT2D eigenvalue weighted by Gasteiger charge is 2.18. The van der Waals surface area contributed by atoms with Crippen LogP contribution in [0.1, 0.15) is 29.9 Å². The van der Waals surface area contributed by atoms with Crippen molar-refractivity contribution in [3.05, 3.63) is 34.3 Å². The molecule has 1 fully saturated rings. The Morgan fingerprint density at radius 3 is 2.75 bits per heavy atom. The third kappa shape index (κ3) is 2.92. The molecule has 0 atom stereocenters. The number of hydrogen-bond acceptors (Lipinski definition) is 3. The Labute approximate surface area is 105 Å². The van der Waals surface area contributed by atoms with Gasteiger partial charge >= 0.3 is 0 Å². The summed E-state index contributed by atoms with van der Waals surface area (Å²) in [6.07, 6.45) is 2.47. The normalized spacial score (nSPS) is 17.6. The predicted molar refractivity (Wildman–Crippen MR) is 69.7 cm³/mol. The zero-order valence-electron chi connectivity index (χ0n) is 9.12. The third-order valence-electron chi connectivity index (χ3n) is 2.98. The molecule has 1 aliphatic heterocycles. The number of nitrogens with two attached hydrogens (primary N) is 1. The minimum absolute atomic E-state index is 0.417. The zero-order chi connectivity index (χ0) is 11.4. The van der Waals surface area contributed by atoms with Crippen LogP contribution in [0.5, 0.6) is 0 Å². The lowest BCUT2D eigenvalue weighted by molar-refractivity contribution is 0.124. The van der Waals surface area contributed by atoms with Crippen LogP contribution in [-0.4, -0.2) is 11.5 Å². The Morgan fingerprint density at radius 2 is 2.12 bits per heavy atom. The maximum Gasteiger partial charge on any atom is 0.0930 e. The fourth-order valence-corrected chi connectivity index (χ4v) is 3.56. The predicted octanol–water partition coefficient (Wildman–Crippen LogP) is 3.34. The monoisotopic (exact) mass is 257 g/mol. The van der Waals surface area contributed by atoms with Crippen molar-refractivity contribution in [1.29, 1.82) is 0 Å². The molecule has 0 bridgehead atoms. The lowest BCUT2D eigenvalue weighted by Crippen LogP contribution is -2.08. The second kappa shape index (κ2) is 5.92. The van der Waals surface area contributed by atoms with Gasteiger partial charge in [-0.15, -0.1) is 0 Å². The van der Waals surface area contributed by atoms with E-state index in [0.717, 1.165) is 10.6 Å². The van der Waals surface area contributed by atoms with Gasteiger partial charge in [-0.25, -0.2) is 5.90 Å². The smallest absolute Gasteiger partial charge is 0.0930 e. The maximum absolute atomic E-state index is 6.30. The first-order valence-electron chi connectivity index (χ1n) is 5.49. The molecule has 2 rings (SSSR count). The van der Waals surface area contributed by atoms with Crippen molar-refractivity contribution in [2.75, 3.05) is 11.5 Å². The molecule has 0 radical (unpaired) electrons. The van der Waals surface area contributed by atoms with E-state index in [1.165, 1.54) is 29.9 Å². The highest BCUT2D eigenvalue weighted by atomic mass is 35.5. The van der Waals surface area contributed by atoms with E-state index in [9.17, 15) is 0 Å². The van der Waals surface area contributed by atoms with E-state index in [4.69, 9.17) is 17.5 Å². The van der Waals surface area contributed by atoms with Gasteiger partial charge in [0.15, 0.2) is 0 Å². The standard InChI is InChI=1S/C12H16ClNOS/c13-12-7-9(8-15-14)1-2-11(12)10-3-5-16-6-4-10/h1-2,7,10H,3-6,8,14H2. The van der Waals surface area contributed by atoms with Crippen molar-refractivity contribution < 1.29 is 4.84 Å². The summed E-state index contributed by atoms with van der Waals surface area (Å²) < 4.78 is 0. The molecule has 1 aliphatic rings. The van der Waals surface area contributed by atoms with E-state index >= 15 is 0 Å². The van der Waals surface area contributed by atoms with Gasteiger partial charge in [0.25, 0.3) is 0 Å². The van der Waals surface area contributed by atoms with E-state index in [2.05, 4.69) is 17.0 Å². The largest absolute Gasteiger partial charge is 0.300 e. The van der Waals surface area contributed by atoms with Crippen molar-refractivity contribution in [2.24, 2.45) is 5.90 Å². The molecule has 1 heterocycles. The fourth-order valence-electron chi connectivity index (χ4n) is 2.10. The molecule has 0 aliphatic carbocycles. The highest BCUT2D eigenvalue weighted by Crippen LogP contribution is 2.35. The van der Waals surface area contributed by atoms with Crippen molar-refractivity contribution in [3.63, 3.8) is 0 Å². The molecule has 16 heavy (non-hydrogen) atoms. The molecule has 4 heteroatoms. The maximum atomic E-state index is 6.30. The minimum Gasteiger partial charge on any atom is -0.300 e. The number of hydrogen-bond donors (Lipinski definition) is 1. The van der Waals surface area contributed by atoms with Gasteiger partial charge in [0.05, 0.1) is 6.61 Å². The van der Waals surface area contributed by atoms with E-state index in [-0.39, 0.29) is 0 Å². The van der Waals surface area contributed by atoms with E-state index in [1.54, 1.807) is 0 Å². The van der Waals surface area contributed by atoms with Crippen LogP contribution in [0.25, 0.3) is 0 Å². The second-order valence-corrected chi connectivity index (χ2v) is 5.69. The van der Waals surface area contributed by atoms with Crippen LogP contribution >= 0.6 is 23.4 Å². The van der Waals surface area contributed by atoms with E-state index in [1.807, 2.05) is 17.8 Å². The summed E-state index contributed by atoms with van der Waals surface area (Å²) in [5.74, 6) is 8.16. The topological polar surface area (TPSA) is 35.2 Å². The molecule has 1 aromatic carbocycles. The lowest BCUT2D eigenvalue weighted by Gasteiger charge is -2.22. The van der Waals surface area contributed by atoms with Gasteiger partial charge in [-0.2, -0.15) is 11.8 Å². The van der Waals surface area contributed by atoms with Crippen molar-refractivity contribution in [2.45, 2.75) is 25.4 Å². The second-order valence-electron chi connectivity index (χ2n) is 4.05. The van der Waals surface area contributed by atoms with E-state index < -0.39 is 0 Å². The third-order valence-corrected chi connectivity index (χ3v) is 4.35. The molecule has 0 aromatic heterocycles. The molecule has 88 valence electrons. The molecule has 1 aromatic rings. The average molecular weight is 258 g/mol. The van der Waals surface area contributed by atoms with Gasteiger partial charge in [-0.1, -0.05) is 23.7 Å². The van der Waals surface area contributed by atoms with Crippen molar-refractivity contribution >= 4 is 23.4 Å². The van der Waals surface area contributed by atoms with Gasteiger partial charge in [0.2, 0.25) is 0 Å². The van der Waals surface area contributed by atoms with Gasteiger partial charge in [-0.3, -0.25) is 4.84 Å². The quantitative estimate of drug-likeness (QED) is 0.844. The summed E-state index contributed by atoms with van der Waals surface area (Å²) in [5.41, 5.74) is 2.31. The van der Waals surface area contributed by atoms with Crippen LogP contribution in [0.15, 0.2) is 18.2 Å². The summed E-state index contributed by atoms with van der Waals surface area (Å²) >= 11 is 8.33. The average Bonchev–Trinajstić information content (AvgIpc) is 2.31. The lowest BCUT2D eigenvalue weighted by atomic mass is 9.93. The SMILES string of the molecule is NOCc1ccc(C2CCSCC2)c(Cl)c1. The van der Waals surface area contributed by atoms with E-state index in [0.29, 0.717) is 12.5 Å². The number of halogens is 1. The van der Waals surface area contributed by atoms with Gasteiger partial charge in [0, 0.05) is 5.02 Å². The first-order valence-corrected chi connectivity index (χ1v) is 7.02. The summed E-state index contributed by atoms with van der Waals surface area (Å²) in [6.45, 7) is 0.417. The van der Waals surface area contributed by atoms with Crippen LogP contribution in [0, 0.1) is 0 Å². The molecule has 0 unspecified atom stereocenters. The van der Waals surface area contributed by atoms with Crippen LogP contribution in [0.2, 0.25) is 5.02 Å². The Morgan fingerprint density at radius 1 is 1.38 bits per heavy atom. The Kier molecular flexibility index (Phi) is 4.53. The summed E-state index contributed by atoms with van der Waals surface area (Å²) in [4.78, 5) is 4.61. The van der Waals surface area contributed by atoms with Gasteiger partial charge in [0.1, 0.15) is 0 Å². The number of rotatable bonds is 3. The Bertz CT molecular complexity index is 353. The highest BCUT2D eigenvalue weighted by molar-refractivity contribution is 7.99. The molecule has 2 nitrogen and oxygen atoms in total. The number of benzene rings is 1. The zero-order valence-corrected chi connectivity index (χ0v) is 10.7. The van der Waals surface area contributed by atoms with Crippen molar-refractivity contribution in [1.82, 2.24) is 0 Å². The Hall–Kier alpha value is -0.220. The van der Waals surface area contributed by atoms with Crippen LogP contribution in [0.3, 0.4) is 0 Å². The first kappa shape index (κ1) is 12.2. The molecule has 0 amide bonds. The molecule has 0 saturated carbocycles. The minimum atomic E-state index is 0.417. The summed E-state index contributed by atoms with van der Waals surface area (Å²) in [6, 6.07) is 6.14. The molecule has 0 spiro atoms. The molecular weight excluding hydrogens is 242 g/mol. The van der Waals surface area contributed by atoms with Crippen molar-refractivity contribution in [3.8, 4) is 0 Å². The molecule has 2 N–H and O–H groups in total. The van der Waals surface area contributed by atoms with Crippen LogP contribution < -0.4 is 5.90 Å². The van der Waals surface area contributed by atoms with Crippen LogP contribution in [-0.2, 0) is 11.4 Å². The number of thioether (sulfide) groups is 1.